The number of carboxylic acid groups (broad SMARTS) is 1. The van der Waals surface area contributed by atoms with Gasteiger partial charge in [0.1, 0.15) is 11.6 Å². The Kier molecular flexibility index (Phi) is 4.99. The number of aromatic nitrogens is 2. The third-order valence-electron chi connectivity index (χ3n) is 3.41. The second kappa shape index (κ2) is 7.37. The van der Waals surface area contributed by atoms with Gasteiger partial charge in [-0.25, -0.2) is 14.2 Å². The Morgan fingerprint density at radius 2 is 1.85 bits per heavy atom. The largest absolute Gasteiger partial charge is 0.478 e. The molecule has 0 unspecified atom stereocenters. The molecule has 8 heteroatoms. The van der Waals surface area contributed by atoms with Crippen LogP contribution in [0, 0.1) is 12.7 Å². The van der Waals surface area contributed by atoms with Gasteiger partial charge < -0.3 is 15.7 Å². The maximum absolute atomic E-state index is 13.3. The number of carbonyl (C=O) groups is 1. The molecule has 1 aromatic heterocycles. The zero-order valence-electron chi connectivity index (χ0n) is 13.6. The fraction of sp³-hybridized carbons (Fsp3) is 0.0556. The van der Waals surface area contributed by atoms with Crippen LogP contribution in [0.25, 0.3) is 0 Å². The summed E-state index contributed by atoms with van der Waals surface area (Å²) in [5.41, 5.74) is 1.98. The number of carboxylic acids is 1. The number of aromatic carboxylic acids is 1. The Bertz CT molecular complexity index is 981. The van der Waals surface area contributed by atoms with Crippen molar-refractivity contribution in [2.75, 3.05) is 10.6 Å². The lowest BCUT2D eigenvalue weighted by molar-refractivity contribution is 0.0697. The van der Waals surface area contributed by atoms with Gasteiger partial charge >= 0.3 is 5.97 Å². The fourth-order valence-electron chi connectivity index (χ4n) is 2.27. The minimum Gasteiger partial charge on any atom is -0.478 e. The summed E-state index contributed by atoms with van der Waals surface area (Å²) < 4.78 is 13.3. The van der Waals surface area contributed by atoms with E-state index in [9.17, 15) is 9.18 Å². The molecule has 3 aromatic rings. The Hall–Kier alpha value is -3.19. The van der Waals surface area contributed by atoms with Gasteiger partial charge in [-0.05, 0) is 43.3 Å². The molecule has 1 heterocycles. The molecule has 0 aliphatic carbocycles. The van der Waals surface area contributed by atoms with Crippen LogP contribution in [0.4, 0.5) is 27.5 Å². The first-order valence-electron chi connectivity index (χ1n) is 7.59. The van der Waals surface area contributed by atoms with Crippen molar-refractivity contribution in [2.45, 2.75) is 6.92 Å². The van der Waals surface area contributed by atoms with Crippen molar-refractivity contribution in [3.05, 3.63) is 70.6 Å². The van der Waals surface area contributed by atoms with E-state index in [0.717, 1.165) is 0 Å². The molecule has 0 saturated carbocycles. The second-order valence-electron chi connectivity index (χ2n) is 5.48. The average molecular weight is 373 g/mol. The van der Waals surface area contributed by atoms with E-state index in [1.807, 2.05) is 0 Å². The van der Waals surface area contributed by atoms with Crippen LogP contribution in [0.1, 0.15) is 16.1 Å². The Labute approximate surface area is 153 Å². The predicted molar refractivity (Wildman–Crippen MR) is 98.1 cm³/mol. The average Bonchev–Trinajstić information content (AvgIpc) is 2.58. The van der Waals surface area contributed by atoms with Crippen LogP contribution in [0.5, 0.6) is 0 Å². The van der Waals surface area contributed by atoms with E-state index >= 15 is 0 Å². The summed E-state index contributed by atoms with van der Waals surface area (Å²) in [5.74, 6) is -0.744. The smallest absolute Gasteiger partial charge is 0.335 e. The van der Waals surface area contributed by atoms with E-state index in [1.54, 1.807) is 25.1 Å². The molecule has 6 nitrogen and oxygen atoms in total. The lowest BCUT2D eigenvalue weighted by atomic mass is 10.2. The van der Waals surface area contributed by atoms with Gasteiger partial charge in [0.05, 0.1) is 10.6 Å². The van der Waals surface area contributed by atoms with E-state index in [0.29, 0.717) is 28.8 Å². The summed E-state index contributed by atoms with van der Waals surface area (Å²) in [6, 6.07) is 12.3. The van der Waals surface area contributed by atoms with Crippen LogP contribution in [0.15, 0.2) is 48.5 Å². The number of hydrogen-bond donors (Lipinski definition) is 3. The van der Waals surface area contributed by atoms with E-state index in [1.165, 1.54) is 30.3 Å². The highest BCUT2D eigenvalue weighted by Crippen LogP contribution is 2.23. The molecule has 3 rings (SSSR count). The number of anilines is 4. The molecule has 0 spiro atoms. The molecule has 132 valence electrons. The topological polar surface area (TPSA) is 87.1 Å². The van der Waals surface area contributed by atoms with Crippen LogP contribution < -0.4 is 10.6 Å². The van der Waals surface area contributed by atoms with Gasteiger partial charge in [0.2, 0.25) is 5.95 Å². The summed E-state index contributed by atoms with van der Waals surface area (Å²) >= 11 is 5.77. The van der Waals surface area contributed by atoms with E-state index in [4.69, 9.17) is 16.7 Å². The first-order chi connectivity index (χ1) is 12.4. The standard InChI is InChI=1S/C18H14ClFN4O2/c1-10-7-16(22-12-4-2-3-11(8-12)17(25)26)24-18(21-10)23-13-5-6-15(20)14(19)9-13/h2-9H,1H3,(H,25,26)(H2,21,22,23,24). The number of rotatable bonds is 5. The van der Waals surface area contributed by atoms with Crippen molar-refractivity contribution in [3.8, 4) is 0 Å². The van der Waals surface area contributed by atoms with Gasteiger partial charge in [-0.3, -0.25) is 0 Å². The minimum atomic E-state index is -1.01. The number of benzene rings is 2. The zero-order chi connectivity index (χ0) is 18.7. The number of nitrogens with one attached hydrogen (secondary N) is 2. The third-order valence-corrected chi connectivity index (χ3v) is 3.70. The number of halogens is 2. The van der Waals surface area contributed by atoms with Crippen LogP contribution in [0.3, 0.4) is 0 Å². The third kappa shape index (κ3) is 4.25. The van der Waals surface area contributed by atoms with Gasteiger partial charge in [0.25, 0.3) is 0 Å². The molecule has 3 N–H and O–H groups in total. The molecule has 26 heavy (non-hydrogen) atoms. The van der Waals surface area contributed by atoms with Gasteiger partial charge in [-0.1, -0.05) is 17.7 Å². The van der Waals surface area contributed by atoms with Crippen molar-refractivity contribution < 1.29 is 14.3 Å². The van der Waals surface area contributed by atoms with E-state index in [2.05, 4.69) is 20.6 Å². The van der Waals surface area contributed by atoms with Crippen molar-refractivity contribution in [3.63, 3.8) is 0 Å². The van der Waals surface area contributed by atoms with Crippen molar-refractivity contribution in [1.82, 2.24) is 9.97 Å². The zero-order valence-corrected chi connectivity index (χ0v) is 14.4. The number of hydrogen-bond acceptors (Lipinski definition) is 5. The summed E-state index contributed by atoms with van der Waals surface area (Å²) in [5, 5.41) is 15.1. The van der Waals surface area contributed by atoms with Gasteiger partial charge in [0.15, 0.2) is 0 Å². The van der Waals surface area contributed by atoms with Crippen molar-refractivity contribution in [2.24, 2.45) is 0 Å². The number of aryl methyl sites for hydroxylation is 1. The lowest BCUT2D eigenvalue weighted by Gasteiger charge is -2.11. The van der Waals surface area contributed by atoms with Gasteiger partial charge in [-0.2, -0.15) is 4.98 Å². The predicted octanol–water partition coefficient (Wildman–Crippen LogP) is 4.76. The Balaban J connectivity index is 1.84. The van der Waals surface area contributed by atoms with Gasteiger partial charge in [0, 0.05) is 23.1 Å². The van der Waals surface area contributed by atoms with E-state index in [-0.39, 0.29) is 10.6 Å². The highest BCUT2D eigenvalue weighted by Gasteiger charge is 2.07. The molecular formula is C18H14ClFN4O2. The first-order valence-corrected chi connectivity index (χ1v) is 7.96. The van der Waals surface area contributed by atoms with Gasteiger partial charge in [-0.15, -0.1) is 0 Å². The molecule has 0 fully saturated rings. The monoisotopic (exact) mass is 372 g/mol. The maximum Gasteiger partial charge on any atom is 0.335 e. The highest BCUT2D eigenvalue weighted by molar-refractivity contribution is 6.31. The quantitative estimate of drug-likeness (QED) is 0.598. The van der Waals surface area contributed by atoms with Crippen molar-refractivity contribution >= 4 is 40.7 Å². The summed E-state index contributed by atoms with van der Waals surface area (Å²) in [6.45, 7) is 1.79. The van der Waals surface area contributed by atoms with E-state index < -0.39 is 11.8 Å². The summed E-state index contributed by atoms with van der Waals surface area (Å²) in [4.78, 5) is 19.7. The van der Waals surface area contributed by atoms with Crippen LogP contribution in [-0.4, -0.2) is 21.0 Å². The Morgan fingerprint density at radius 3 is 2.58 bits per heavy atom. The van der Waals surface area contributed by atoms with Crippen LogP contribution in [0.2, 0.25) is 5.02 Å². The maximum atomic E-state index is 13.3. The molecule has 0 aliphatic rings. The lowest BCUT2D eigenvalue weighted by Crippen LogP contribution is -2.03. The van der Waals surface area contributed by atoms with Crippen LogP contribution >= 0.6 is 11.6 Å². The molecule has 0 aliphatic heterocycles. The molecule has 2 aromatic carbocycles. The normalized spacial score (nSPS) is 10.4. The van der Waals surface area contributed by atoms with Crippen molar-refractivity contribution in [1.29, 1.82) is 0 Å². The second-order valence-corrected chi connectivity index (χ2v) is 5.89. The number of nitrogens with zero attached hydrogens (tertiary/aromatic N) is 2. The SMILES string of the molecule is Cc1cc(Nc2cccc(C(=O)O)c2)nc(Nc2ccc(F)c(Cl)c2)n1. The highest BCUT2D eigenvalue weighted by atomic mass is 35.5. The molecule has 0 atom stereocenters. The first kappa shape index (κ1) is 17.6. The minimum absolute atomic E-state index is 0.00788. The Morgan fingerprint density at radius 1 is 1.08 bits per heavy atom. The van der Waals surface area contributed by atoms with Crippen LogP contribution in [-0.2, 0) is 0 Å². The molecular weight excluding hydrogens is 359 g/mol. The molecule has 0 bridgehead atoms. The summed E-state index contributed by atoms with van der Waals surface area (Å²) in [7, 11) is 0. The molecule has 0 amide bonds. The molecule has 0 radical (unpaired) electrons. The summed E-state index contributed by atoms with van der Waals surface area (Å²) in [6.07, 6.45) is 0. The fourth-order valence-corrected chi connectivity index (χ4v) is 2.45. The molecule has 0 saturated heterocycles.